The third-order valence-electron chi connectivity index (χ3n) is 4.16. The van der Waals surface area contributed by atoms with Crippen molar-refractivity contribution in [1.29, 1.82) is 0 Å². The van der Waals surface area contributed by atoms with Crippen LogP contribution >= 0.6 is 11.6 Å². The highest BCUT2D eigenvalue weighted by Crippen LogP contribution is 2.16. The number of ether oxygens (including phenoxy) is 1. The van der Waals surface area contributed by atoms with E-state index < -0.39 is 28.5 Å². The van der Waals surface area contributed by atoms with Gasteiger partial charge in [0, 0.05) is 29.8 Å². The van der Waals surface area contributed by atoms with E-state index in [1.165, 1.54) is 36.4 Å². The third-order valence-corrected chi connectivity index (χ3v) is 5.77. The van der Waals surface area contributed by atoms with Gasteiger partial charge in [0.1, 0.15) is 5.84 Å². The van der Waals surface area contributed by atoms with Crippen molar-refractivity contribution in [3.05, 3.63) is 65.2 Å². The first-order valence-electron chi connectivity index (χ1n) is 9.38. The van der Waals surface area contributed by atoms with Gasteiger partial charge in [-0.15, -0.1) is 0 Å². The topological polar surface area (TPSA) is 114 Å². The summed E-state index contributed by atoms with van der Waals surface area (Å²) in [5, 5.41) is 3.04. The number of halogens is 1. The zero-order valence-electron chi connectivity index (χ0n) is 16.4. The van der Waals surface area contributed by atoms with Gasteiger partial charge in [-0.3, -0.25) is 14.5 Å². The molecule has 0 radical (unpaired) electrons. The standard InChI is InChI=1S/C21H20ClN3O5S/c22-16-5-1-4-15(12-16)9-10-21(27)30-14-20(26)24-17-6-2-7-18(13-17)31(28,29)25-19-8-3-11-23-19/h1-2,4-7,9-10,12-13H,3,8,11,14H2,(H,23,25)(H,24,26). The smallest absolute Gasteiger partial charge is 0.331 e. The Kier molecular flexibility index (Phi) is 7.43. The molecule has 0 bridgehead atoms. The predicted molar refractivity (Wildman–Crippen MR) is 118 cm³/mol. The van der Waals surface area contributed by atoms with Gasteiger partial charge in [0.25, 0.3) is 15.9 Å². The Bertz CT molecular complexity index is 1150. The molecule has 1 heterocycles. The summed E-state index contributed by atoms with van der Waals surface area (Å²) < 4.78 is 32.3. The Morgan fingerprint density at radius 1 is 1.16 bits per heavy atom. The van der Waals surface area contributed by atoms with Crippen molar-refractivity contribution in [2.24, 2.45) is 4.99 Å². The SMILES string of the molecule is O=C(COC(=O)C=Cc1cccc(Cl)c1)Nc1cccc(S(=O)(=O)NC2=NCCC2)c1. The monoisotopic (exact) mass is 461 g/mol. The maximum Gasteiger partial charge on any atom is 0.331 e. The maximum absolute atomic E-state index is 12.5. The highest BCUT2D eigenvalue weighted by atomic mass is 35.5. The molecule has 2 aromatic carbocycles. The number of carbonyl (C=O) groups excluding carboxylic acids is 2. The molecule has 0 fully saturated rings. The first kappa shape index (κ1) is 22.5. The largest absolute Gasteiger partial charge is 0.452 e. The lowest BCUT2D eigenvalue weighted by molar-refractivity contribution is -0.142. The number of anilines is 1. The minimum atomic E-state index is -3.80. The molecule has 0 atom stereocenters. The van der Waals surface area contributed by atoms with Gasteiger partial charge in [-0.25, -0.2) is 13.2 Å². The van der Waals surface area contributed by atoms with E-state index in [-0.39, 0.29) is 10.6 Å². The highest BCUT2D eigenvalue weighted by Gasteiger charge is 2.19. The van der Waals surface area contributed by atoms with E-state index in [9.17, 15) is 18.0 Å². The lowest BCUT2D eigenvalue weighted by Crippen LogP contribution is -2.29. The number of sulfonamides is 1. The summed E-state index contributed by atoms with van der Waals surface area (Å²) in [5.41, 5.74) is 0.968. The van der Waals surface area contributed by atoms with Gasteiger partial charge in [0.2, 0.25) is 0 Å². The van der Waals surface area contributed by atoms with Crippen LogP contribution in [0, 0.1) is 0 Å². The van der Waals surface area contributed by atoms with E-state index in [1.54, 1.807) is 24.3 Å². The van der Waals surface area contributed by atoms with E-state index in [0.717, 1.165) is 6.42 Å². The summed E-state index contributed by atoms with van der Waals surface area (Å²) in [6.07, 6.45) is 4.08. The molecule has 0 saturated heterocycles. The van der Waals surface area contributed by atoms with Crippen LogP contribution in [-0.2, 0) is 24.3 Å². The number of nitrogens with zero attached hydrogens (tertiary/aromatic N) is 1. The predicted octanol–water partition coefficient (Wildman–Crippen LogP) is 3.01. The lowest BCUT2D eigenvalue weighted by Gasteiger charge is -2.10. The Hall–Kier alpha value is -3.17. The van der Waals surface area contributed by atoms with Gasteiger partial charge >= 0.3 is 5.97 Å². The molecule has 0 spiro atoms. The molecule has 1 aliphatic rings. The second-order valence-electron chi connectivity index (χ2n) is 6.61. The van der Waals surface area contributed by atoms with E-state index in [1.807, 2.05) is 0 Å². The van der Waals surface area contributed by atoms with Crippen LogP contribution in [0.5, 0.6) is 0 Å². The number of amidine groups is 1. The molecule has 1 amide bonds. The number of amides is 1. The Balaban J connectivity index is 1.53. The van der Waals surface area contributed by atoms with Crippen LogP contribution in [0.4, 0.5) is 5.69 Å². The number of benzene rings is 2. The summed E-state index contributed by atoms with van der Waals surface area (Å²) in [6.45, 7) is 0.0751. The Morgan fingerprint density at radius 2 is 1.97 bits per heavy atom. The number of aliphatic imine (C=N–C) groups is 1. The summed E-state index contributed by atoms with van der Waals surface area (Å²) >= 11 is 5.87. The van der Waals surface area contributed by atoms with Crippen molar-refractivity contribution in [3.63, 3.8) is 0 Å². The number of hydrogen-bond acceptors (Lipinski definition) is 6. The van der Waals surface area contributed by atoms with Gasteiger partial charge in [0.05, 0.1) is 4.90 Å². The van der Waals surface area contributed by atoms with Gasteiger partial charge in [-0.1, -0.05) is 29.8 Å². The molecule has 31 heavy (non-hydrogen) atoms. The number of nitrogens with one attached hydrogen (secondary N) is 2. The molecule has 8 nitrogen and oxygen atoms in total. The molecular formula is C21H20ClN3O5S. The van der Waals surface area contributed by atoms with E-state index in [0.29, 0.717) is 29.4 Å². The lowest BCUT2D eigenvalue weighted by atomic mass is 10.2. The van der Waals surface area contributed by atoms with E-state index >= 15 is 0 Å². The van der Waals surface area contributed by atoms with Crippen molar-refractivity contribution >= 4 is 51.1 Å². The van der Waals surface area contributed by atoms with Crippen molar-refractivity contribution in [2.75, 3.05) is 18.5 Å². The average molecular weight is 462 g/mol. The second-order valence-corrected chi connectivity index (χ2v) is 8.73. The van der Waals surface area contributed by atoms with Crippen LogP contribution in [0.3, 0.4) is 0 Å². The molecule has 162 valence electrons. The molecule has 3 rings (SSSR count). The van der Waals surface area contributed by atoms with Crippen LogP contribution in [0.25, 0.3) is 6.08 Å². The van der Waals surface area contributed by atoms with Crippen LogP contribution in [0.2, 0.25) is 5.02 Å². The normalized spacial score (nSPS) is 13.6. The number of carbonyl (C=O) groups is 2. The molecule has 0 aliphatic carbocycles. The molecular weight excluding hydrogens is 442 g/mol. The van der Waals surface area contributed by atoms with Crippen LogP contribution in [-0.4, -0.2) is 39.3 Å². The van der Waals surface area contributed by atoms with Gasteiger partial charge < -0.3 is 10.1 Å². The van der Waals surface area contributed by atoms with E-state index in [2.05, 4.69) is 15.0 Å². The summed E-state index contributed by atoms with van der Waals surface area (Å²) in [7, 11) is -3.80. The summed E-state index contributed by atoms with van der Waals surface area (Å²) in [6, 6.07) is 12.6. The quantitative estimate of drug-likeness (QED) is 0.486. The van der Waals surface area contributed by atoms with Crippen LogP contribution in [0.1, 0.15) is 18.4 Å². The average Bonchev–Trinajstić information content (AvgIpc) is 3.23. The zero-order valence-corrected chi connectivity index (χ0v) is 17.9. The fourth-order valence-electron chi connectivity index (χ4n) is 2.73. The fraction of sp³-hybridized carbons (Fsp3) is 0.190. The fourth-order valence-corrected chi connectivity index (χ4v) is 4.07. The number of hydrogen-bond donors (Lipinski definition) is 2. The summed E-state index contributed by atoms with van der Waals surface area (Å²) in [5.74, 6) is -0.882. The van der Waals surface area contributed by atoms with Crippen molar-refractivity contribution in [2.45, 2.75) is 17.7 Å². The van der Waals surface area contributed by atoms with Crippen molar-refractivity contribution in [3.8, 4) is 0 Å². The number of rotatable bonds is 7. The molecule has 0 aromatic heterocycles. The minimum absolute atomic E-state index is 0.0126. The molecule has 2 N–H and O–H groups in total. The van der Waals surface area contributed by atoms with Crippen molar-refractivity contribution < 1.29 is 22.7 Å². The van der Waals surface area contributed by atoms with Gasteiger partial charge in [0.15, 0.2) is 6.61 Å². The van der Waals surface area contributed by atoms with Crippen LogP contribution in [0.15, 0.2) is 64.5 Å². The molecule has 10 heteroatoms. The Morgan fingerprint density at radius 3 is 2.71 bits per heavy atom. The molecule has 2 aromatic rings. The van der Waals surface area contributed by atoms with E-state index in [4.69, 9.17) is 16.3 Å². The third kappa shape index (κ3) is 6.94. The van der Waals surface area contributed by atoms with Gasteiger partial charge in [-0.2, -0.15) is 0 Å². The summed E-state index contributed by atoms with van der Waals surface area (Å²) in [4.78, 5) is 27.9. The first-order valence-corrected chi connectivity index (χ1v) is 11.2. The van der Waals surface area contributed by atoms with Gasteiger partial charge in [-0.05, 0) is 48.4 Å². The Labute approximate surface area is 185 Å². The molecule has 0 saturated carbocycles. The first-order chi connectivity index (χ1) is 14.8. The number of esters is 1. The highest BCUT2D eigenvalue weighted by molar-refractivity contribution is 7.90. The van der Waals surface area contributed by atoms with Crippen molar-refractivity contribution in [1.82, 2.24) is 4.72 Å². The molecule has 1 aliphatic heterocycles. The minimum Gasteiger partial charge on any atom is -0.452 e. The van der Waals surface area contributed by atoms with Crippen LogP contribution < -0.4 is 10.0 Å². The second kappa shape index (κ2) is 10.2. The maximum atomic E-state index is 12.5. The molecule has 0 unspecified atom stereocenters. The zero-order chi connectivity index (χ0) is 22.3.